The first-order valence-electron chi connectivity index (χ1n) is 20.1. The SMILES string of the molecule is CC1(C)CCC(C)(C)c2cc3c(cc21)c1ccccc1n3-c1ccc(-c2nc(-c3ccc4ccccc4c3)nc(-c3ccc4ccccc4c3)n2)c2ccccc12. The van der Waals surface area contributed by atoms with E-state index in [1.165, 1.54) is 56.5 Å². The van der Waals surface area contributed by atoms with Crippen molar-refractivity contribution in [3.05, 3.63) is 169 Å². The van der Waals surface area contributed by atoms with Gasteiger partial charge >= 0.3 is 0 Å². The van der Waals surface area contributed by atoms with Gasteiger partial charge in [-0.3, -0.25) is 0 Å². The molecule has 4 nitrogen and oxygen atoms in total. The molecule has 57 heavy (non-hydrogen) atoms. The molecule has 0 bridgehead atoms. The number of hydrogen-bond acceptors (Lipinski definition) is 3. The van der Waals surface area contributed by atoms with Crippen molar-refractivity contribution in [3.8, 4) is 39.9 Å². The van der Waals surface area contributed by atoms with Crippen molar-refractivity contribution in [2.75, 3.05) is 0 Å². The molecule has 1 aliphatic rings. The van der Waals surface area contributed by atoms with Crippen molar-refractivity contribution in [3.63, 3.8) is 0 Å². The number of benzene rings is 8. The number of para-hydroxylation sites is 1. The van der Waals surface area contributed by atoms with Crippen LogP contribution >= 0.6 is 0 Å². The van der Waals surface area contributed by atoms with Gasteiger partial charge in [-0.25, -0.2) is 15.0 Å². The van der Waals surface area contributed by atoms with Gasteiger partial charge in [0.05, 0.1) is 16.7 Å². The summed E-state index contributed by atoms with van der Waals surface area (Å²) in [6, 6.07) is 56.9. The molecule has 0 unspecified atom stereocenters. The molecule has 0 spiro atoms. The van der Waals surface area contributed by atoms with Crippen LogP contribution in [-0.2, 0) is 10.8 Å². The fraction of sp³-hybridized carbons (Fsp3) is 0.151. The summed E-state index contributed by atoms with van der Waals surface area (Å²) in [5, 5.41) is 9.50. The average molecular weight is 735 g/mol. The van der Waals surface area contributed by atoms with Gasteiger partial charge in [0.15, 0.2) is 17.5 Å². The van der Waals surface area contributed by atoms with E-state index in [1.807, 2.05) is 0 Å². The lowest BCUT2D eigenvalue weighted by Gasteiger charge is -2.42. The van der Waals surface area contributed by atoms with Gasteiger partial charge in [-0.2, -0.15) is 0 Å². The summed E-state index contributed by atoms with van der Waals surface area (Å²) in [6.07, 6.45) is 2.36. The second kappa shape index (κ2) is 12.4. The molecule has 0 radical (unpaired) electrons. The number of fused-ring (bicyclic) bond motifs is 7. The molecule has 0 fully saturated rings. The molecule has 10 aromatic rings. The Morgan fingerprint density at radius 2 is 0.912 bits per heavy atom. The highest BCUT2D eigenvalue weighted by molar-refractivity contribution is 6.12. The predicted molar refractivity (Wildman–Crippen MR) is 238 cm³/mol. The van der Waals surface area contributed by atoms with Gasteiger partial charge in [0.25, 0.3) is 0 Å². The third kappa shape index (κ3) is 5.38. The highest BCUT2D eigenvalue weighted by Crippen LogP contribution is 2.49. The van der Waals surface area contributed by atoms with Gasteiger partial charge in [-0.15, -0.1) is 0 Å². The predicted octanol–water partition coefficient (Wildman–Crippen LogP) is 13.8. The summed E-state index contributed by atoms with van der Waals surface area (Å²) in [6.45, 7) is 9.65. The van der Waals surface area contributed by atoms with Gasteiger partial charge in [-0.1, -0.05) is 143 Å². The first kappa shape index (κ1) is 33.7. The maximum atomic E-state index is 5.26. The Morgan fingerprint density at radius 1 is 0.404 bits per heavy atom. The smallest absolute Gasteiger partial charge is 0.164 e. The van der Waals surface area contributed by atoms with E-state index in [1.54, 1.807) is 0 Å². The Hall–Kier alpha value is -6.65. The van der Waals surface area contributed by atoms with Crippen molar-refractivity contribution < 1.29 is 0 Å². The van der Waals surface area contributed by atoms with Crippen molar-refractivity contribution >= 4 is 54.1 Å². The zero-order chi connectivity index (χ0) is 38.5. The summed E-state index contributed by atoms with van der Waals surface area (Å²) in [7, 11) is 0. The van der Waals surface area contributed by atoms with Crippen LogP contribution in [0.3, 0.4) is 0 Å². The summed E-state index contributed by atoms with van der Waals surface area (Å²) in [4.78, 5) is 15.7. The molecule has 0 saturated heterocycles. The van der Waals surface area contributed by atoms with E-state index in [0.29, 0.717) is 17.5 Å². The lowest BCUT2D eigenvalue weighted by Crippen LogP contribution is -2.33. The van der Waals surface area contributed by atoms with Gasteiger partial charge in [0.2, 0.25) is 0 Å². The first-order chi connectivity index (χ1) is 27.7. The Bertz CT molecular complexity index is 3160. The average Bonchev–Trinajstić information content (AvgIpc) is 3.57. The summed E-state index contributed by atoms with van der Waals surface area (Å²) >= 11 is 0. The Labute approximate surface area is 332 Å². The number of hydrogen-bond donors (Lipinski definition) is 0. The van der Waals surface area contributed by atoms with E-state index in [0.717, 1.165) is 43.9 Å². The monoisotopic (exact) mass is 734 g/mol. The number of rotatable bonds is 4. The maximum absolute atomic E-state index is 5.26. The summed E-state index contributed by atoms with van der Waals surface area (Å²) in [5.41, 5.74) is 9.65. The maximum Gasteiger partial charge on any atom is 0.164 e. The van der Waals surface area contributed by atoms with Crippen LogP contribution in [-0.4, -0.2) is 19.5 Å². The summed E-state index contributed by atoms with van der Waals surface area (Å²) in [5.74, 6) is 1.96. The van der Waals surface area contributed by atoms with Gasteiger partial charge in [0, 0.05) is 32.8 Å². The Kier molecular flexibility index (Phi) is 7.34. The topological polar surface area (TPSA) is 43.6 Å². The lowest BCUT2D eigenvalue weighted by atomic mass is 9.63. The Morgan fingerprint density at radius 3 is 1.54 bits per heavy atom. The van der Waals surface area contributed by atoms with E-state index in [9.17, 15) is 0 Å². The summed E-state index contributed by atoms with van der Waals surface area (Å²) < 4.78 is 2.49. The van der Waals surface area contributed by atoms with E-state index in [2.05, 4.69) is 190 Å². The van der Waals surface area contributed by atoms with Crippen LogP contribution in [0.15, 0.2) is 158 Å². The van der Waals surface area contributed by atoms with Crippen molar-refractivity contribution in [2.24, 2.45) is 0 Å². The second-order valence-electron chi connectivity index (χ2n) is 17.1. The minimum absolute atomic E-state index is 0.0937. The van der Waals surface area contributed by atoms with E-state index in [-0.39, 0.29) is 10.8 Å². The highest BCUT2D eigenvalue weighted by Gasteiger charge is 2.38. The molecule has 4 heteroatoms. The number of aromatic nitrogens is 4. The normalized spacial score (nSPS) is 14.8. The van der Waals surface area contributed by atoms with Crippen molar-refractivity contribution in [1.29, 1.82) is 0 Å². The Balaban J connectivity index is 1.15. The fourth-order valence-electron chi connectivity index (χ4n) is 9.37. The molecular formula is C53H42N4. The molecule has 0 aliphatic heterocycles. The van der Waals surface area contributed by atoms with Crippen LogP contribution in [0.4, 0.5) is 0 Å². The molecule has 11 rings (SSSR count). The first-order valence-corrected chi connectivity index (χ1v) is 20.1. The molecule has 0 saturated carbocycles. The van der Waals surface area contributed by atoms with Crippen LogP contribution in [0, 0.1) is 0 Å². The van der Waals surface area contributed by atoms with Crippen LogP contribution in [0.5, 0.6) is 0 Å². The second-order valence-corrected chi connectivity index (χ2v) is 17.1. The van der Waals surface area contributed by atoms with E-state index >= 15 is 0 Å². The van der Waals surface area contributed by atoms with Crippen molar-refractivity contribution in [1.82, 2.24) is 19.5 Å². The molecule has 2 aromatic heterocycles. The van der Waals surface area contributed by atoms with E-state index in [4.69, 9.17) is 15.0 Å². The molecule has 8 aromatic carbocycles. The number of nitrogens with zero attached hydrogens (tertiary/aromatic N) is 4. The molecule has 0 N–H and O–H groups in total. The molecule has 1 aliphatic carbocycles. The van der Waals surface area contributed by atoms with Crippen molar-refractivity contribution in [2.45, 2.75) is 51.4 Å². The molecule has 274 valence electrons. The fourth-order valence-corrected chi connectivity index (χ4v) is 9.37. The van der Waals surface area contributed by atoms with Gasteiger partial charge < -0.3 is 4.57 Å². The van der Waals surface area contributed by atoms with Gasteiger partial charge in [-0.05, 0) is 104 Å². The van der Waals surface area contributed by atoms with E-state index < -0.39 is 0 Å². The molecule has 0 atom stereocenters. The zero-order valence-corrected chi connectivity index (χ0v) is 32.7. The third-order valence-electron chi connectivity index (χ3n) is 12.7. The highest BCUT2D eigenvalue weighted by atomic mass is 15.0. The molecule has 2 heterocycles. The lowest BCUT2D eigenvalue weighted by molar-refractivity contribution is 0.332. The van der Waals surface area contributed by atoms with Gasteiger partial charge in [0.1, 0.15) is 0 Å². The van der Waals surface area contributed by atoms with Crippen LogP contribution in [0.25, 0.3) is 94.0 Å². The molecule has 0 amide bonds. The minimum atomic E-state index is 0.0937. The van der Waals surface area contributed by atoms with Crippen LogP contribution in [0.2, 0.25) is 0 Å². The largest absolute Gasteiger partial charge is 0.309 e. The van der Waals surface area contributed by atoms with Crippen LogP contribution in [0.1, 0.15) is 51.7 Å². The standard InChI is InChI=1S/C53H42N4/c1-52(2)27-28-53(3,4)45-32-48-43(31-44(45)52)41-19-11-12-20-46(41)57(48)47-26-25-42(39-17-9-10-18-40(39)47)51-55-49(37-23-21-33-13-5-7-15-35(33)29-37)54-50(56-51)38-24-22-34-14-6-8-16-36(34)30-38/h5-26,29-32H,27-28H2,1-4H3. The quantitative estimate of drug-likeness (QED) is 0.181. The zero-order valence-electron chi connectivity index (χ0n) is 32.7. The minimum Gasteiger partial charge on any atom is -0.309 e. The third-order valence-corrected chi connectivity index (χ3v) is 12.7. The molecular weight excluding hydrogens is 693 g/mol. The van der Waals surface area contributed by atoms with Crippen LogP contribution < -0.4 is 0 Å².